The van der Waals surface area contributed by atoms with E-state index in [1.54, 1.807) is 19.3 Å². The van der Waals surface area contributed by atoms with Crippen molar-refractivity contribution in [3.05, 3.63) is 40.6 Å². The van der Waals surface area contributed by atoms with Crippen LogP contribution in [-0.2, 0) is 7.05 Å². The third-order valence-electron chi connectivity index (χ3n) is 2.35. The van der Waals surface area contributed by atoms with Crippen molar-refractivity contribution in [3.8, 4) is 5.75 Å². The van der Waals surface area contributed by atoms with Gasteiger partial charge in [-0.25, -0.2) is 0 Å². The van der Waals surface area contributed by atoms with Crippen LogP contribution in [0.4, 0.5) is 14.5 Å². The number of ether oxygens (including phenoxy) is 1. The second-order valence-corrected chi connectivity index (χ2v) is 4.68. The summed E-state index contributed by atoms with van der Waals surface area (Å²) in [6.07, 6.45) is 1.61. The van der Waals surface area contributed by atoms with Gasteiger partial charge in [-0.15, -0.1) is 0 Å². The SMILES string of the molecule is Cn1cc(Br)c(C(=O)Nc2ccccc2OC(F)F)n1. The number of para-hydroxylation sites is 2. The highest BCUT2D eigenvalue weighted by Gasteiger charge is 2.17. The first-order valence-corrected chi connectivity index (χ1v) is 6.31. The van der Waals surface area contributed by atoms with E-state index < -0.39 is 12.5 Å². The third kappa shape index (κ3) is 3.32. The predicted molar refractivity (Wildman–Crippen MR) is 71.9 cm³/mol. The number of carbonyl (C=O) groups excluding carboxylic acids is 1. The molecule has 0 saturated heterocycles. The fourth-order valence-electron chi connectivity index (χ4n) is 1.56. The van der Waals surface area contributed by atoms with E-state index in [2.05, 4.69) is 31.1 Å². The Morgan fingerprint density at radius 3 is 2.75 bits per heavy atom. The Bertz CT molecular complexity index is 631. The zero-order valence-electron chi connectivity index (χ0n) is 10.3. The number of amides is 1. The van der Waals surface area contributed by atoms with Crippen molar-refractivity contribution in [3.63, 3.8) is 0 Å². The highest BCUT2D eigenvalue weighted by molar-refractivity contribution is 9.10. The molecule has 0 unspecified atom stereocenters. The summed E-state index contributed by atoms with van der Waals surface area (Å²) in [7, 11) is 1.66. The number of hydrogen-bond acceptors (Lipinski definition) is 3. The Kier molecular flexibility index (Phi) is 4.33. The Balaban J connectivity index is 2.22. The van der Waals surface area contributed by atoms with Crippen LogP contribution in [0.15, 0.2) is 34.9 Å². The van der Waals surface area contributed by atoms with E-state index in [0.717, 1.165) is 0 Å². The third-order valence-corrected chi connectivity index (χ3v) is 2.93. The van der Waals surface area contributed by atoms with Crippen LogP contribution in [0.3, 0.4) is 0 Å². The van der Waals surface area contributed by atoms with Crippen molar-refractivity contribution in [2.75, 3.05) is 5.32 Å². The molecule has 1 heterocycles. The molecule has 2 aromatic rings. The molecule has 1 aromatic carbocycles. The smallest absolute Gasteiger partial charge is 0.387 e. The molecule has 0 aliphatic carbocycles. The molecular weight excluding hydrogens is 336 g/mol. The predicted octanol–water partition coefficient (Wildman–Crippen LogP) is 3.04. The lowest BCUT2D eigenvalue weighted by Crippen LogP contribution is -2.15. The molecule has 0 radical (unpaired) electrons. The zero-order valence-corrected chi connectivity index (χ0v) is 11.9. The highest BCUT2D eigenvalue weighted by atomic mass is 79.9. The molecular formula is C12H10BrF2N3O2. The molecule has 0 fully saturated rings. The number of aromatic nitrogens is 2. The highest BCUT2D eigenvalue weighted by Crippen LogP contribution is 2.26. The summed E-state index contributed by atoms with van der Waals surface area (Å²) in [5, 5.41) is 6.45. The maximum absolute atomic E-state index is 12.3. The van der Waals surface area contributed by atoms with Crippen LogP contribution in [0.2, 0.25) is 0 Å². The standard InChI is InChI=1S/C12H10BrF2N3O2/c1-18-6-7(13)10(17-18)11(19)16-8-4-2-3-5-9(8)20-12(14)15/h2-6,12H,1H3,(H,16,19). The van der Waals surface area contributed by atoms with Crippen LogP contribution in [0.5, 0.6) is 5.75 Å². The average molecular weight is 346 g/mol. The van der Waals surface area contributed by atoms with E-state index in [4.69, 9.17) is 0 Å². The number of aryl methyl sites for hydroxylation is 1. The minimum atomic E-state index is -2.96. The lowest BCUT2D eigenvalue weighted by molar-refractivity contribution is -0.0493. The van der Waals surface area contributed by atoms with Crippen molar-refractivity contribution < 1.29 is 18.3 Å². The van der Waals surface area contributed by atoms with Gasteiger partial charge in [-0.3, -0.25) is 9.48 Å². The molecule has 0 bridgehead atoms. The topological polar surface area (TPSA) is 56.2 Å². The average Bonchev–Trinajstić information content (AvgIpc) is 2.70. The van der Waals surface area contributed by atoms with Crippen LogP contribution >= 0.6 is 15.9 Å². The van der Waals surface area contributed by atoms with Gasteiger partial charge in [0.1, 0.15) is 5.75 Å². The van der Waals surface area contributed by atoms with Gasteiger partial charge in [-0.05, 0) is 28.1 Å². The van der Waals surface area contributed by atoms with Crippen LogP contribution in [-0.4, -0.2) is 22.3 Å². The Morgan fingerprint density at radius 1 is 1.45 bits per heavy atom. The number of alkyl halides is 2. The molecule has 0 aliphatic rings. The molecule has 8 heteroatoms. The van der Waals surface area contributed by atoms with Gasteiger partial charge in [-0.2, -0.15) is 13.9 Å². The maximum atomic E-state index is 12.3. The number of hydrogen-bond donors (Lipinski definition) is 1. The maximum Gasteiger partial charge on any atom is 0.387 e. The quantitative estimate of drug-likeness (QED) is 0.926. The van der Waals surface area contributed by atoms with Gasteiger partial charge in [0.15, 0.2) is 5.69 Å². The normalized spacial score (nSPS) is 10.7. The summed E-state index contributed by atoms with van der Waals surface area (Å²) < 4.78 is 30.8. The second-order valence-electron chi connectivity index (χ2n) is 3.83. The minimum Gasteiger partial charge on any atom is -0.433 e. The molecule has 1 N–H and O–H groups in total. The number of carbonyl (C=O) groups is 1. The van der Waals surface area contributed by atoms with Gasteiger partial charge in [0.25, 0.3) is 5.91 Å². The summed E-state index contributed by atoms with van der Waals surface area (Å²) in [6.45, 7) is -2.96. The van der Waals surface area contributed by atoms with Crippen LogP contribution < -0.4 is 10.1 Å². The molecule has 1 amide bonds. The number of anilines is 1. The molecule has 0 spiro atoms. The van der Waals surface area contributed by atoms with Crippen LogP contribution in [0.25, 0.3) is 0 Å². The molecule has 0 atom stereocenters. The first kappa shape index (κ1) is 14.4. The molecule has 0 saturated carbocycles. The fraction of sp³-hybridized carbons (Fsp3) is 0.167. The van der Waals surface area contributed by atoms with Crippen molar-refractivity contribution in [2.45, 2.75) is 6.61 Å². The number of nitrogens with one attached hydrogen (secondary N) is 1. The molecule has 1 aromatic heterocycles. The van der Waals surface area contributed by atoms with Gasteiger partial charge in [0.05, 0.1) is 10.2 Å². The minimum absolute atomic E-state index is 0.108. The van der Waals surface area contributed by atoms with E-state index in [9.17, 15) is 13.6 Å². The molecule has 0 aliphatic heterocycles. The second kappa shape index (κ2) is 6.00. The van der Waals surface area contributed by atoms with Gasteiger partial charge in [0.2, 0.25) is 0 Å². The van der Waals surface area contributed by atoms with Crippen molar-refractivity contribution in [2.24, 2.45) is 7.05 Å². The molecule has 2 rings (SSSR count). The van der Waals surface area contributed by atoms with E-state index in [-0.39, 0.29) is 17.1 Å². The van der Waals surface area contributed by atoms with E-state index in [1.807, 2.05) is 0 Å². The summed E-state index contributed by atoms with van der Waals surface area (Å²) in [5.41, 5.74) is 0.301. The van der Waals surface area contributed by atoms with E-state index in [0.29, 0.717) is 4.47 Å². The number of nitrogens with zero attached hydrogens (tertiary/aromatic N) is 2. The van der Waals surface area contributed by atoms with Gasteiger partial charge >= 0.3 is 6.61 Å². The van der Waals surface area contributed by atoms with E-state index >= 15 is 0 Å². The molecule has 106 valence electrons. The summed E-state index contributed by atoms with van der Waals surface area (Å²) >= 11 is 3.19. The first-order valence-electron chi connectivity index (χ1n) is 5.51. The number of benzene rings is 1. The van der Waals surface area contributed by atoms with Gasteiger partial charge < -0.3 is 10.1 Å². The Labute approximate surface area is 121 Å². The summed E-state index contributed by atoms with van der Waals surface area (Å²) in [6, 6.07) is 5.94. The van der Waals surface area contributed by atoms with Crippen molar-refractivity contribution in [1.82, 2.24) is 9.78 Å². The van der Waals surface area contributed by atoms with Gasteiger partial charge in [-0.1, -0.05) is 12.1 Å². The van der Waals surface area contributed by atoms with Crippen molar-refractivity contribution in [1.29, 1.82) is 0 Å². The lowest BCUT2D eigenvalue weighted by Gasteiger charge is -2.10. The van der Waals surface area contributed by atoms with Gasteiger partial charge in [0, 0.05) is 13.2 Å². The van der Waals surface area contributed by atoms with Crippen LogP contribution in [0.1, 0.15) is 10.5 Å². The largest absolute Gasteiger partial charge is 0.433 e. The zero-order chi connectivity index (χ0) is 14.7. The lowest BCUT2D eigenvalue weighted by atomic mass is 10.3. The molecule has 5 nitrogen and oxygen atoms in total. The summed E-state index contributed by atoms with van der Waals surface area (Å²) in [4.78, 5) is 12.0. The summed E-state index contributed by atoms with van der Waals surface area (Å²) in [5.74, 6) is -0.634. The van der Waals surface area contributed by atoms with E-state index in [1.165, 1.54) is 22.9 Å². The first-order chi connectivity index (χ1) is 9.47. The molecule has 20 heavy (non-hydrogen) atoms. The Hall–Kier alpha value is -1.96. The van der Waals surface area contributed by atoms with Crippen molar-refractivity contribution >= 4 is 27.5 Å². The van der Waals surface area contributed by atoms with Crippen LogP contribution in [0, 0.1) is 0 Å². The monoisotopic (exact) mass is 345 g/mol. The fourth-order valence-corrected chi connectivity index (χ4v) is 2.12. The Morgan fingerprint density at radius 2 is 2.15 bits per heavy atom. The number of halogens is 3. The number of rotatable bonds is 4.